The second-order valence-corrected chi connectivity index (χ2v) is 8.17. The van der Waals surface area contributed by atoms with Crippen LogP contribution in [0.1, 0.15) is 29.1 Å². The first kappa shape index (κ1) is 23.5. The summed E-state index contributed by atoms with van der Waals surface area (Å²) in [6.07, 6.45) is 1.68. The zero-order valence-electron chi connectivity index (χ0n) is 17.2. The number of benzene rings is 2. The van der Waals surface area contributed by atoms with Crippen molar-refractivity contribution < 1.29 is 14.0 Å². The first-order valence-electron chi connectivity index (χ1n) is 9.66. The number of hydrogen-bond acceptors (Lipinski definition) is 5. The Morgan fingerprint density at radius 1 is 1.25 bits per heavy atom. The standard InChI is InChI=1S/C22H21ClFN5O2S/c1-3-11-29-20(14(2)25-21(31)15-5-4-6-16(23)12-15)27-28-22(29)32-13-19(30)26-18-9-7-17(24)8-10-18/h3-10,12,14H,1,11,13H2,2H3,(H,25,31)(H,26,30). The number of carbonyl (C=O) groups excluding carboxylic acids is 2. The van der Waals surface area contributed by atoms with Crippen molar-refractivity contribution in [3.63, 3.8) is 0 Å². The van der Waals surface area contributed by atoms with Gasteiger partial charge in [0.2, 0.25) is 5.91 Å². The molecule has 0 aliphatic heterocycles. The fourth-order valence-electron chi connectivity index (χ4n) is 2.86. The topological polar surface area (TPSA) is 88.9 Å². The van der Waals surface area contributed by atoms with Gasteiger partial charge in [-0.05, 0) is 49.4 Å². The zero-order valence-corrected chi connectivity index (χ0v) is 18.8. The van der Waals surface area contributed by atoms with E-state index >= 15 is 0 Å². The minimum Gasteiger partial charge on any atom is -0.342 e. The smallest absolute Gasteiger partial charge is 0.251 e. The summed E-state index contributed by atoms with van der Waals surface area (Å²) in [5.41, 5.74) is 0.939. The average molecular weight is 474 g/mol. The molecule has 1 heterocycles. The Labute approximate surface area is 194 Å². The van der Waals surface area contributed by atoms with Crippen molar-refractivity contribution in [2.45, 2.75) is 24.7 Å². The van der Waals surface area contributed by atoms with E-state index in [0.29, 0.717) is 33.8 Å². The number of aromatic nitrogens is 3. The molecule has 0 radical (unpaired) electrons. The third-order valence-corrected chi connectivity index (χ3v) is 5.54. The van der Waals surface area contributed by atoms with E-state index in [9.17, 15) is 14.0 Å². The maximum atomic E-state index is 13.0. The monoisotopic (exact) mass is 473 g/mol. The first-order chi connectivity index (χ1) is 15.4. The van der Waals surface area contributed by atoms with Crippen molar-refractivity contribution >= 4 is 40.9 Å². The fraction of sp³-hybridized carbons (Fsp3) is 0.182. The number of hydrogen-bond donors (Lipinski definition) is 2. The van der Waals surface area contributed by atoms with Crippen LogP contribution in [-0.4, -0.2) is 32.3 Å². The van der Waals surface area contributed by atoms with E-state index in [1.54, 1.807) is 41.8 Å². The summed E-state index contributed by atoms with van der Waals surface area (Å²) < 4.78 is 14.8. The summed E-state index contributed by atoms with van der Waals surface area (Å²) in [5, 5.41) is 14.9. The van der Waals surface area contributed by atoms with Crippen LogP contribution < -0.4 is 10.6 Å². The van der Waals surface area contributed by atoms with Gasteiger partial charge in [0.15, 0.2) is 11.0 Å². The molecule has 166 valence electrons. The van der Waals surface area contributed by atoms with Gasteiger partial charge in [-0.15, -0.1) is 16.8 Å². The second kappa shape index (κ2) is 10.9. The molecule has 7 nitrogen and oxygen atoms in total. The lowest BCUT2D eigenvalue weighted by Gasteiger charge is -2.15. The normalized spacial score (nSPS) is 11.6. The molecule has 0 aliphatic carbocycles. The van der Waals surface area contributed by atoms with Crippen molar-refractivity contribution in [3.8, 4) is 0 Å². The van der Waals surface area contributed by atoms with Gasteiger partial charge in [-0.1, -0.05) is 35.5 Å². The highest BCUT2D eigenvalue weighted by molar-refractivity contribution is 7.99. The number of nitrogens with one attached hydrogen (secondary N) is 2. The molecule has 0 spiro atoms. The van der Waals surface area contributed by atoms with Gasteiger partial charge in [0.25, 0.3) is 5.91 Å². The molecule has 10 heteroatoms. The Morgan fingerprint density at radius 3 is 2.69 bits per heavy atom. The van der Waals surface area contributed by atoms with Crippen molar-refractivity contribution in [3.05, 3.63) is 83.4 Å². The molecule has 2 aromatic carbocycles. The quantitative estimate of drug-likeness (QED) is 0.353. The van der Waals surface area contributed by atoms with Crippen LogP contribution >= 0.6 is 23.4 Å². The fourth-order valence-corrected chi connectivity index (χ4v) is 3.81. The Balaban J connectivity index is 1.66. The third kappa shape index (κ3) is 6.18. The molecule has 0 saturated carbocycles. The Hall–Kier alpha value is -3.17. The van der Waals surface area contributed by atoms with Crippen LogP contribution in [0.4, 0.5) is 10.1 Å². The molecule has 2 N–H and O–H groups in total. The van der Waals surface area contributed by atoms with Crippen molar-refractivity contribution in [2.24, 2.45) is 0 Å². The largest absolute Gasteiger partial charge is 0.342 e. The van der Waals surface area contributed by atoms with Gasteiger partial charge in [0, 0.05) is 22.8 Å². The lowest BCUT2D eigenvalue weighted by Crippen LogP contribution is -2.28. The highest BCUT2D eigenvalue weighted by atomic mass is 35.5. The molecule has 3 rings (SSSR count). The van der Waals surface area contributed by atoms with E-state index in [0.717, 1.165) is 0 Å². The van der Waals surface area contributed by atoms with Crippen molar-refractivity contribution in [1.29, 1.82) is 0 Å². The molecule has 2 amide bonds. The lowest BCUT2D eigenvalue weighted by molar-refractivity contribution is -0.113. The SMILES string of the molecule is C=CCn1c(SCC(=O)Nc2ccc(F)cc2)nnc1C(C)NC(=O)c1cccc(Cl)c1. The number of amides is 2. The van der Waals surface area contributed by atoms with Gasteiger partial charge in [-0.3, -0.25) is 9.59 Å². The van der Waals surface area contributed by atoms with Crippen LogP contribution in [0.25, 0.3) is 0 Å². The molecule has 1 aromatic heterocycles. The second-order valence-electron chi connectivity index (χ2n) is 6.79. The predicted octanol–water partition coefficient (Wildman–Crippen LogP) is 4.48. The molecule has 0 bridgehead atoms. The highest BCUT2D eigenvalue weighted by Gasteiger charge is 2.20. The van der Waals surface area contributed by atoms with Crippen LogP contribution in [-0.2, 0) is 11.3 Å². The zero-order chi connectivity index (χ0) is 23.1. The number of rotatable bonds is 9. The molecule has 0 saturated heterocycles. The molecule has 32 heavy (non-hydrogen) atoms. The van der Waals surface area contributed by atoms with Crippen LogP contribution in [0.3, 0.4) is 0 Å². The molecular formula is C22H21ClFN5O2S. The van der Waals surface area contributed by atoms with E-state index in [-0.39, 0.29) is 23.4 Å². The van der Waals surface area contributed by atoms with Crippen LogP contribution in [0.15, 0.2) is 66.3 Å². The van der Waals surface area contributed by atoms with Gasteiger partial charge in [0.1, 0.15) is 5.82 Å². The maximum absolute atomic E-state index is 13.0. The van der Waals surface area contributed by atoms with Gasteiger partial charge >= 0.3 is 0 Å². The Kier molecular flexibility index (Phi) is 8.02. The van der Waals surface area contributed by atoms with Gasteiger partial charge in [-0.2, -0.15) is 0 Å². The number of nitrogens with zero attached hydrogens (tertiary/aromatic N) is 3. The average Bonchev–Trinajstić information content (AvgIpc) is 3.17. The first-order valence-corrected chi connectivity index (χ1v) is 11.0. The number of anilines is 1. The van der Waals surface area contributed by atoms with E-state index in [1.807, 2.05) is 0 Å². The Bertz CT molecular complexity index is 1120. The van der Waals surface area contributed by atoms with Gasteiger partial charge in [-0.25, -0.2) is 4.39 Å². The molecule has 3 aromatic rings. The minimum atomic E-state index is -0.448. The van der Waals surface area contributed by atoms with Crippen molar-refractivity contribution in [1.82, 2.24) is 20.1 Å². The summed E-state index contributed by atoms with van der Waals surface area (Å²) in [6, 6.07) is 11.7. The number of allylic oxidation sites excluding steroid dienone is 1. The van der Waals surface area contributed by atoms with Crippen LogP contribution in [0.2, 0.25) is 5.02 Å². The molecule has 0 fully saturated rings. The number of carbonyl (C=O) groups is 2. The van der Waals surface area contributed by atoms with Crippen LogP contribution in [0, 0.1) is 5.82 Å². The van der Waals surface area contributed by atoms with E-state index in [1.165, 1.54) is 36.0 Å². The molecule has 1 unspecified atom stereocenters. The molecular weight excluding hydrogens is 453 g/mol. The summed E-state index contributed by atoms with van der Waals surface area (Å²) in [6.45, 7) is 5.95. The van der Waals surface area contributed by atoms with E-state index in [2.05, 4.69) is 27.4 Å². The van der Waals surface area contributed by atoms with Crippen molar-refractivity contribution in [2.75, 3.05) is 11.1 Å². The summed E-state index contributed by atoms with van der Waals surface area (Å²) in [4.78, 5) is 24.8. The maximum Gasteiger partial charge on any atom is 0.251 e. The molecule has 1 atom stereocenters. The summed E-state index contributed by atoms with van der Waals surface area (Å²) in [5.74, 6) is -0.323. The van der Waals surface area contributed by atoms with E-state index < -0.39 is 6.04 Å². The summed E-state index contributed by atoms with van der Waals surface area (Å²) >= 11 is 7.16. The van der Waals surface area contributed by atoms with E-state index in [4.69, 9.17) is 11.6 Å². The molecule has 0 aliphatic rings. The van der Waals surface area contributed by atoms with Crippen LogP contribution in [0.5, 0.6) is 0 Å². The number of thioether (sulfide) groups is 1. The lowest BCUT2D eigenvalue weighted by atomic mass is 10.2. The van der Waals surface area contributed by atoms with Gasteiger partial charge < -0.3 is 15.2 Å². The Morgan fingerprint density at radius 2 is 2.00 bits per heavy atom. The predicted molar refractivity (Wildman–Crippen MR) is 123 cm³/mol. The minimum absolute atomic E-state index is 0.0793. The van der Waals surface area contributed by atoms with Gasteiger partial charge in [0.05, 0.1) is 11.8 Å². The summed E-state index contributed by atoms with van der Waals surface area (Å²) in [7, 11) is 0. The highest BCUT2D eigenvalue weighted by Crippen LogP contribution is 2.22. The third-order valence-electron chi connectivity index (χ3n) is 4.34. The number of halogens is 2.